The van der Waals surface area contributed by atoms with Crippen LogP contribution >= 0.6 is 15.9 Å². The minimum absolute atomic E-state index is 0.206. The Morgan fingerprint density at radius 3 is 2.79 bits per heavy atom. The second-order valence-electron chi connectivity index (χ2n) is 3.49. The lowest BCUT2D eigenvalue weighted by Crippen LogP contribution is -2.11. The molecule has 0 amide bonds. The highest BCUT2D eigenvalue weighted by Gasteiger charge is 2.06. The third kappa shape index (κ3) is 2.98. The molecule has 0 saturated carbocycles. The number of nitrogens with one attached hydrogen (secondary N) is 1. The van der Waals surface area contributed by atoms with Gasteiger partial charge in [-0.25, -0.2) is 4.39 Å². The van der Waals surface area contributed by atoms with Gasteiger partial charge in [-0.1, -0.05) is 26.3 Å². The first-order valence-corrected chi connectivity index (χ1v) is 5.62. The highest BCUT2D eigenvalue weighted by atomic mass is 79.9. The maximum absolute atomic E-state index is 13.3. The fourth-order valence-corrected chi connectivity index (χ4v) is 1.57. The molecule has 1 unspecified atom stereocenters. The molecule has 78 valence electrons. The Kier molecular flexibility index (Phi) is 4.39. The summed E-state index contributed by atoms with van der Waals surface area (Å²) in [5.41, 5.74) is 0.563. The average Bonchev–Trinajstić information content (AvgIpc) is 2.16. The molecule has 1 atom stereocenters. The van der Waals surface area contributed by atoms with Gasteiger partial charge in [-0.05, 0) is 34.0 Å². The van der Waals surface area contributed by atoms with Crippen LogP contribution in [0.4, 0.5) is 10.1 Å². The number of para-hydroxylation sites is 1. The van der Waals surface area contributed by atoms with E-state index in [-0.39, 0.29) is 5.82 Å². The molecule has 3 heteroatoms. The van der Waals surface area contributed by atoms with Gasteiger partial charge < -0.3 is 5.32 Å². The predicted molar refractivity (Wildman–Crippen MR) is 62.0 cm³/mol. The van der Waals surface area contributed by atoms with Crippen molar-refractivity contribution in [1.82, 2.24) is 0 Å². The SMILES string of the molecule is CCC(C)CNc1c(F)cccc1Br. The van der Waals surface area contributed by atoms with Crippen LogP contribution in [0.25, 0.3) is 0 Å². The number of benzene rings is 1. The van der Waals surface area contributed by atoms with E-state index in [0.29, 0.717) is 11.6 Å². The van der Waals surface area contributed by atoms with E-state index < -0.39 is 0 Å². The quantitative estimate of drug-likeness (QED) is 0.861. The lowest BCUT2D eigenvalue weighted by Gasteiger charge is -2.13. The molecule has 0 fully saturated rings. The van der Waals surface area contributed by atoms with Crippen molar-refractivity contribution in [3.8, 4) is 0 Å². The summed E-state index contributed by atoms with van der Waals surface area (Å²) in [5.74, 6) is 0.351. The second kappa shape index (κ2) is 5.35. The fourth-order valence-electron chi connectivity index (χ4n) is 1.09. The normalized spacial score (nSPS) is 12.6. The van der Waals surface area contributed by atoms with Crippen molar-refractivity contribution in [2.75, 3.05) is 11.9 Å². The summed E-state index contributed by atoms with van der Waals surface area (Å²) in [6, 6.07) is 4.99. The van der Waals surface area contributed by atoms with Crippen molar-refractivity contribution in [2.45, 2.75) is 20.3 Å². The van der Waals surface area contributed by atoms with Gasteiger partial charge in [-0.3, -0.25) is 0 Å². The number of hydrogen-bond donors (Lipinski definition) is 1. The summed E-state index contributed by atoms with van der Waals surface area (Å²) < 4.78 is 14.1. The van der Waals surface area contributed by atoms with Gasteiger partial charge in [0.05, 0.1) is 5.69 Å². The molecule has 1 N–H and O–H groups in total. The first-order valence-electron chi connectivity index (χ1n) is 4.83. The summed E-state index contributed by atoms with van der Waals surface area (Å²) in [6.07, 6.45) is 1.10. The summed E-state index contributed by atoms with van der Waals surface area (Å²) in [6.45, 7) is 5.07. The predicted octanol–water partition coefficient (Wildman–Crippen LogP) is 4.05. The minimum Gasteiger partial charge on any atom is -0.381 e. The maximum atomic E-state index is 13.3. The number of rotatable bonds is 4. The standard InChI is InChI=1S/C11H15BrFN/c1-3-8(2)7-14-11-9(12)5-4-6-10(11)13/h4-6,8,14H,3,7H2,1-2H3. The molecule has 0 saturated heterocycles. The molecule has 1 aromatic carbocycles. The van der Waals surface area contributed by atoms with Crippen molar-refractivity contribution in [3.05, 3.63) is 28.5 Å². The summed E-state index contributed by atoms with van der Waals surface area (Å²) >= 11 is 3.32. The zero-order valence-corrected chi connectivity index (χ0v) is 10.1. The van der Waals surface area contributed by atoms with E-state index in [0.717, 1.165) is 17.4 Å². The van der Waals surface area contributed by atoms with Crippen LogP contribution in [0.15, 0.2) is 22.7 Å². The molecule has 0 spiro atoms. The van der Waals surface area contributed by atoms with Gasteiger partial charge in [0.2, 0.25) is 0 Å². The Morgan fingerprint density at radius 1 is 1.50 bits per heavy atom. The molecule has 0 heterocycles. The molecule has 1 rings (SSSR count). The molecular formula is C11H15BrFN. The molecule has 14 heavy (non-hydrogen) atoms. The number of anilines is 1. The van der Waals surface area contributed by atoms with E-state index in [9.17, 15) is 4.39 Å². The summed E-state index contributed by atoms with van der Waals surface area (Å²) in [7, 11) is 0. The highest BCUT2D eigenvalue weighted by Crippen LogP contribution is 2.25. The first kappa shape index (κ1) is 11.5. The molecule has 0 radical (unpaired) electrons. The van der Waals surface area contributed by atoms with E-state index in [1.54, 1.807) is 6.07 Å². The molecule has 0 aliphatic heterocycles. The molecule has 1 aromatic rings. The molecule has 0 aliphatic carbocycles. The van der Waals surface area contributed by atoms with Gasteiger partial charge in [-0.15, -0.1) is 0 Å². The third-order valence-corrected chi connectivity index (χ3v) is 2.95. The van der Waals surface area contributed by atoms with Crippen LogP contribution in [0.5, 0.6) is 0 Å². The molecular weight excluding hydrogens is 245 g/mol. The van der Waals surface area contributed by atoms with Crippen LogP contribution in [-0.2, 0) is 0 Å². The Morgan fingerprint density at radius 2 is 2.21 bits per heavy atom. The monoisotopic (exact) mass is 259 g/mol. The fraction of sp³-hybridized carbons (Fsp3) is 0.455. The largest absolute Gasteiger partial charge is 0.381 e. The van der Waals surface area contributed by atoms with Gasteiger partial charge in [0.15, 0.2) is 0 Å². The zero-order valence-electron chi connectivity index (χ0n) is 8.48. The van der Waals surface area contributed by atoms with Crippen LogP contribution in [0.3, 0.4) is 0 Å². The second-order valence-corrected chi connectivity index (χ2v) is 4.35. The number of halogens is 2. The Balaban J connectivity index is 2.66. The smallest absolute Gasteiger partial charge is 0.147 e. The van der Waals surface area contributed by atoms with Crippen molar-refractivity contribution < 1.29 is 4.39 Å². The Labute approximate surface area is 92.8 Å². The van der Waals surface area contributed by atoms with Crippen LogP contribution in [-0.4, -0.2) is 6.54 Å². The van der Waals surface area contributed by atoms with E-state index in [2.05, 4.69) is 35.1 Å². The topological polar surface area (TPSA) is 12.0 Å². The van der Waals surface area contributed by atoms with E-state index in [1.807, 2.05) is 6.07 Å². The molecule has 0 aliphatic rings. The van der Waals surface area contributed by atoms with Gasteiger partial charge in [0.1, 0.15) is 5.82 Å². The van der Waals surface area contributed by atoms with Crippen LogP contribution < -0.4 is 5.32 Å². The van der Waals surface area contributed by atoms with Gasteiger partial charge in [0, 0.05) is 11.0 Å². The van der Waals surface area contributed by atoms with Crippen LogP contribution in [0, 0.1) is 11.7 Å². The number of hydrogen-bond acceptors (Lipinski definition) is 1. The minimum atomic E-state index is -0.206. The molecule has 0 bridgehead atoms. The average molecular weight is 260 g/mol. The third-order valence-electron chi connectivity index (χ3n) is 2.29. The zero-order chi connectivity index (χ0) is 10.6. The van der Waals surface area contributed by atoms with Gasteiger partial charge in [-0.2, -0.15) is 0 Å². The van der Waals surface area contributed by atoms with Crippen molar-refractivity contribution in [3.63, 3.8) is 0 Å². The Hall–Kier alpha value is -0.570. The maximum Gasteiger partial charge on any atom is 0.147 e. The first-order chi connectivity index (χ1) is 6.65. The van der Waals surface area contributed by atoms with E-state index in [1.165, 1.54) is 6.07 Å². The van der Waals surface area contributed by atoms with E-state index in [4.69, 9.17) is 0 Å². The van der Waals surface area contributed by atoms with Crippen LogP contribution in [0.1, 0.15) is 20.3 Å². The summed E-state index contributed by atoms with van der Waals surface area (Å²) in [5, 5.41) is 3.11. The van der Waals surface area contributed by atoms with Crippen molar-refractivity contribution in [1.29, 1.82) is 0 Å². The van der Waals surface area contributed by atoms with E-state index >= 15 is 0 Å². The highest BCUT2D eigenvalue weighted by molar-refractivity contribution is 9.10. The lowest BCUT2D eigenvalue weighted by atomic mass is 10.1. The van der Waals surface area contributed by atoms with Gasteiger partial charge >= 0.3 is 0 Å². The summed E-state index contributed by atoms with van der Waals surface area (Å²) in [4.78, 5) is 0. The van der Waals surface area contributed by atoms with Crippen LogP contribution in [0.2, 0.25) is 0 Å². The van der Waals surface area contributed by atoms with Crippen molar-refractivity contribution >= 4 is 21.6 Å². The Bertz CT molecular complexity index is 281. The molecule has 1 nitrogen and oxygen atoms in total. The van der Waals surface area contributed by atoms with Gasteiger partial charge in [0.25, 0.3) is 0 Å². The lowest BCUT2D eigenvalue weighted by molar-refractivity contribution is 0.585. The molecule has 0 aromatic heterocycles. The van der Waals surface area contributed by atoms with Crippen molar-refractivity contribution in [2.24, 2.45) is 5.92 Å².